The van der Waals surface area contributed by atoms with Gasteiger partial charge in [0.2, 0.25) is 0 Å². The molecule has 0 amide bonds. The molecule has 0 radical (unpaired) electrons. The van der Waals surface area contributed by atoms with Crippen molar-refractivity contribution in [2.75, 3.05) is 6.61 Å². The fraction of sp³-hybridized carbons (Fsp3) is 0.500. The summed E-state index contributed by atoms with van der Waals surface area (Å²) in [5.41, 5.74) is 2.78. The van der Waals surface area contributed by atoms with Gasteiger partial charge in [0.15, 0.2) is 0 Å². The molecule has 0 bridgehead atoms. The fourth-order valence-corrected chi connectivity index (χ4v) is 2.91. The van der Waals surface area contributed by atoms with Crippen LogP contribution in [0, 0.1) is 0 Å². The van der Waals surface area contributed by atoms with Gasteiger partial charge in [0.05, 0.1) is 6.61 Å². The van der Waals surface area contributed by atoms with Gasteiger partial charge in [0.25, 0.3) is 0 Å². The second-order valence-corrected chi connectivity index (χ2v) is 5.23. The molecule has 0 aromatic heterocycles. The van der Waals surface area contributed by atoms with E-state index in [1.807, 2.05) is 0 Å². The van der Waals surface area contributed by atoms with Crippen LogP contribution in [-0.4, -0.2) is 12.6 Å². The van der Waals surface area contributed by atoms with Crippen molar-refractivity contribution in [1.82, 2.24) is 5.32 Å². The third kappa shape index (κ3) is 2.30. The zero-order valence-electron chi connectivity index (χ0n) is 11.0. The van der Waals surface area contributed by atoms with Crippen molar-refractivity contribution in [3.63, 3.8) is 0 Å². The molecule has 1 aromatic carbocycles. The molecule has 0 saturated carbocycles. The van der Waals surface area contributed by atoms with Crippen molar-refractivity contribution in [3.8, 4) is 5.75 Å². The number of benzene rings is 1. The van der Waals surface area contributed by atoms with E-state index in [1.165, 1.54) is 24.0 Å². The van der Waals surface area contributed by atoms with Gasteiger partial charge in [0, 0.05) is 18.5 Å². The normalized spacial score (nSPS) is 19.8. The van der Waals surface area contributed by atoms with Gasteiger partial charge in [0.1, 0.15) is 5.75 Å². The van der Waals surface area contributed by atoms with Gasteiger partial charge in [-0.15, -0.1) is 0 Å². The molecule has 2 nitrogen and oxygen atoms in total. The number of hydrogen-bond acceptors (Lipinski definition) is 2. The maximum atomic E-state index is 5.57. The van der Waals surface area contributed by atoms with Crippen LogP contribution in [0.4, 0.5) is 0 Å². The summed E-state index contributed by atoms with van der Waals surface area (Å²) in [6, 6.07) is 7.77. The van der Waals surface area contributed by atoms with E-state index in [2.05, 4.69) is 42.6 Å². The van der Waals surface area contributed by atoms with Crippen LogP contribution in [0.3, 0.4) is 0 Å². The van der Waals surface area contributed by atoms with E-state index in [1.54, 1.807) is 0 Å². The van der Waals surface area contributed by atoms with Crippen LogP contribution in [0.2, 0.25) is 0 Å². The van der Waals surface area contributed by atoms with E-state index in [9.17, 15) is 0 Å². The van der Waals surface area contributed by atoms with E-state index < -0.39 is 0 Å². The Balaban J connectivity index is 1.74. The van der Waals surface area contributed by atoms with Gasteiger partial charge in [-0.05, 0) is 36.5 Å². The molecule has 18 heavy (non-hydrogen) atoms. The number of ether oxygens (including phenoxy) is 1. The minimum absolute atomic E-state index is 0.473. The molecule has 96 valence electrons. The third-order valence-electron chi connectivity index (χ3n) is 3.97. The van der Waals surface area contributed by atoms with E-state index in [0.717, 1.165) is 25.2 Å². The Morgan fingerprint density at radius 1 is 1.33 bits per heavy atom. The van der Waals surface area contributed by atoms with Crippen molar-refractivity contribution in [2.24, 2.45) is 0 Å². The Hall–Kier alpha value is -1.28. The van der Waals surface area contributed by atoms with Gasteiger partial charge < -0.3 is 10.1 Å². The summed E-state index contributed by atoms with van der Waals surface area (Å²) in [6.45, 7) is 3.10. The lowest BCUT2D eigenvalue weighted by molar-refractivity contribution is 0.356. The summed E-state index contributed by atoms with van der Waals surface area (Å²) in [5.74, 6) is 1.08. The molecule has 1 N–H and O–H groups in total. The largest absolute Gasteiger partial charge is 0.493 e. The number of rotatable bonds is 4. The Morgan fingerprint density at radius 2 is 2.17 bits per heavy atom. The molecular weight excluding hydrogens is 222 g/mol. The lowest BCUT2D eigenvalue weighted by Gasteiger charge is -2.22. The van der Waals surface area contributed by atoms with Gasteiger partial charge in [-0.1, -0.05) is 31.2 Å². The molecule has 3 rings (SSSR count). The zero-order valence-corrected chi connectivity index (χ0v) is 11.0. The van der Waals surface area contributed by atoms with Crippen molar-refractivity contribution in [1.29, 1.82) is 0 Å². The molecule has 1 aromatic rings. The highest BCUT2D eigenvalue weighted by Crippen LogP contribution is 2.29. The highest BCUT2D eigenvalue weighted by molar-refractivity contribution is 5.40. The van der Waals surface area contributed by atoms with Crippen molar-refractivity contribution >= 4 is 0 Å². The predicted octanol–water partition coefficient (Wildman–Crippen LogP) is 3.38. The lowest BCUT2D eigenvalue weighted by atomic mass is 9.99. The molecule has 2 aliphatic rings. The zero-order chi connectivity index (χ0) is 12.4. The Morgan fingerprint density at radius 3 is 2.94 bits per heavy atom. The molecule has 1 aliphatic carbocycles. The highest BCUT2D eigenvalue weighted by Gasteiger charge is 2.19. The fourth-order valence-electron chi connectivity index (χ4n) is 2.91. The molecule has 1 unspecified atom stereocenters. The molecule has 1 atom stereocenters. The van der Waals surface area contributed by atoms with Crippen LogP contribution in [-0.2, 0) is 6.42 Å². The first-order chi connectivity index (χ1) is 8.86. The van der Waals surface area contributed by atoms with Crippen molar-refractivity contribution in [2.45, 2.75) is 44.7 Å². The van der Waals surface area contributed by atoms with Gasteiger partial charge >= 0.3 is 0 Å². The second kappa shape index (κ2) is 5.15. The SMILES string of the molecule is CCC(NC1CC=CC1)c1ccc2c(c1)CCO2. The minimum atomic E-state index is 0.473. The van der Waals surface area contributed by atoms with Crippen LogP contribution in [0.25, 0.3) is 0 Å². The standard InChI is InChI=1S/C16H21NO/c1-2-15(17-14-5-3-4-6-14)12-7-8-16-13(11-12)9-10-18-16/h3-4,7-8,11,14-15,17H,2,5-6,9-10H2,1H3. The quantitative estimate of drug-likeness (QED) is 0.819. The van der Waals surface area contributed by atoms with Gasteiger partial charge in [-0.3, -0.25) is 0 Å². The molecule has 1 heterocycles. The first-order valence-electron chi connectivity index (χ1n) is 7.03. The van der Waals surface area contributed by atoms with E-state index in [4.69, 9.17) is 4.74 Å². The van der Waals surface area contributed by atoms with E-state index in [-0.39, 0.29) is 0 Å². The summed E-state index contributed by atoms with van der Waals surface area (Å²) >= 11 is 0. The Labute approximate surface area is 109 Å². The minimum Gasteiger partial charge on any atom is -0.493 e. The van der Waals surface area contributed by atoms with E-state index >= 15 is 0 Å². The van der Waals surface area contributed by atoms with E-state index in [0.29, 0.717) is 12.1 Å². The maximum absolute atomic E-state index is 5.57. The van der Waals surface area contributed by atoms with Crippen LogP contribution < -0.4 is 10.1 Å². The van der Waals surface area contributed by atoms with Crippen LogP contribution in [0.15, 0.2) is 30.4 Å². The number of fused-ring (bicyclic) bond motifs is 1. The first-order valence-corrected chi connectivity index (χ1v) is 7.03. The van der Waals surface area contributed by atoms with Crippen LogP contribution >= 0.6 is 0 Å². The Bertz CT molecular complexity index is 444. The van der Waals surface area contributed by atoms with Crippen molar-refractivity contribution < 1.29 is 4.74 Å². The predicted molar refractivity (Wildman–Crippen MR) is 74.0 cm³/mol. The van der Waals surface area contributed by atoms with Gasteiger partial charge in [-0.25, -0.2) is 0 Å². The summed E-state index contributed by atoms with van der Waals surface area (Å²) < 4.78 is 5.57. The summed E-state index contributed by atoms with van der Waals surface area (Å²) in [5, 5.41) is 3.77. The Kier molecular flexibility index (Phi) is 3.37. The number of hydrogen-bond donors (Lipinski definition) is 1. The van der Waals surface area contributed by atoms with Crippen LogP contribution in [0.5, 0.6) is 5.75 Å². The molecule has 0 saturated heterocycles. The molecule has 2 heteroatoms. The first kappa shape index (κ1) is 11.8. The summed E-state index contributed by atoms with van der Waals surface area (Å²) in [6.07, 6.45) is 9.09. The molecule has 0 spiro atoms. The monoisotopic (exact) mass is 243 g/mol. The molecule has 0 fully saturated rings. The average Bonchev–Trinajstić information content (AvgIpc) is 3.06. The highest BCUT2D eigenvalue weighted by atomic mass is 16.5. The lowest BCUT2D eigenvalue weighted by Crippen LogP contribution is -2.30. The summed E-state index contributed by atoms with van der Waals surface area (Å²) in [4.78, 5) is 0. The number of nitrogens with one attached hydrogen (secondary N) is 1. The molecular formula is C16H21NO. The second-order valence-electron chi connectivity index (χ2n) is 5.23. The molecule has 1 aliphatic heterocycles. The topological polar surface area (TPSA) is 21.3 Å². The average molecular weight is 243 g/mol. The van der Waals surface area contributed by atoms with Gasteiger partial charge in [-0.2, -0.15) is 0 Å². The van der Waals surface area contributed by atoms with Crippen LogP contribution in [0.1, 0.15) is 43.4 Å². The summed E-state index contributed by atoms with van der Waals surface area (Å²) in [7, 11) is 0. The third-order valence-corrected chi connectivity index (χ3v) is 3.97. The smallest absolute Gasteiger partial charge is 0.122 e. The maximum Gasteiger partial charge on any atom is 0.122 e. The van der Waals surface area contributed by atoms with Crippen molar-refractivity contribution in [3.05, 3.63) is 41.5 Å².